The first-order valence-corrected chi connectivity index (χ1v) is 9.66. The summed E-state index contributed by atoms with van der Waals surface area (Å²) < 4.78 is 6.69. The molecule has 1 amide bonds. The molecule has 28 heavy (non-hydrogen) atoms. The van der Waals surface area contributed by atoms with Crippen LogP contribution in [0, 0.1) is 0 Å². The van der Waals surface area contributed by atoms with E-state index in [-0.39, 0.29) is 18.4 Å². The molecule has 0 saturated heterocycles. The lowest BCUT2D eigenvalue weighted by Crippen LogP contribution is -2.28. The molecule has 0 spiro atoms. The van der Waals surface area contributed by atoms with Crippen LogP contribution < -0.4 is 5.32 Å². The summed E-state index contributed by atoms with van der Waals surface area (Å²) in [6.07, 6.45) is 2.95. The Labute approximate surface area is 165 Å². The number of fused-ring (bicyclic) bond motifs is 1. The number of aromatic nitrogens is 1. The maximum atomic E-state index is 12.5. The smallest absolute Gasteiger partial charge is 0.305 e. The summed E-state index contributed by atoms with van der Waals surface area (Å²) >= 11 is 0. The highest BCUT2D eigenvalue weighted by molar-refractivity contribution is 5.89. The van der Waals surface area contributed by atoms with Crippen molar-refractivity contribution in [1.82, 2.24) is 9.88 Å². The number of carbonyl (C=O) groups is 2. The minimum atomic E-state index is -0.183. The van der Waals surface area contributed by atoms with Crippen molar-refractivity contribution in [3.8, 4) is 11.3 Å². The Bertz CT molecular complexity index is 931. The average Bonchev–Trinajstić information content (AvgIpc) is 3.09. The van der Waals surface area contributed by atoms with Crippen LogP contribution in [0.15, 0.2) is 60.7 Å². The Hall–Kier alpha value is -3.08. The predicted molar refractivity (Wildman–Crippen MR) is 111 cm³/mol. The summed E-state index contributed by atoms with van der Waals surface area (Å²) in [6, 6.07) is 20.4. The Morgan fingerprint density at radius 1 is 0.964 bits per heavy atom. The van der Waals surface area contributed by atoms with Crippen LogP contribution in [0.4, 0.5) is 0 Å². The number of methoxy groups -OCH3 is 1. The van der Waals surface area contributed by atoms with Crippen LogP contribution in [0.25, 0.3) is 22.2 Å². The van der Waals surface area contributed by atoms with E-state index in [1.165, 1.54) is 7.11 Å². The van der Waals surface area contributed by atoms with Crippen LogP contribution in [0.5, 0.6) is 0 Å². The van der Waals surface area contributed by atoms with Crippen molar-refractivity contribution in [1.29, 1.82) is 0 Å². The lowest BCUT2D eigenvalue weighted by Gasteiger charge is -2.11. The van der Waals surface area contributed by atoms with Crippen LogP contribution in [-0.2, 0) is 20.9 Å². The van der Waals surface area contributed by atoms with E-state index in [0.29, 0.717) is 13.0 Å². The van der Waals surface area contributed by atoms with E-state index in [1.54, 1.807) is 0 Å². The maximum Gasteiger partial charge on any atom is 0.305 e. The van der Waals surface area contributed by atoms with Gasteiger partial charge in [0, 0.05) is 29.6 Å². The van der Waals surface area contributed by atoms with Crippen molar-refractivity contribution in [2.75, 3.05) is 13.7 Å². The van der Waals surface area contributed by atoms with E-state index in [2.05, 4.69) is 38.9 Å². The summed E-state index contributed by atoms with van der Waals surface area (Å²) in [4.78, 5) is 23.6. The van der Waals surface area contributed by atoms with Gasteiger partial charge in [-0.2, -0.15) is 0 Å². The minimum absolute atomic E-state index is 0.00787. The fourth-order valence-electron chi connectivity index (χ4n) is 3.33. The zero-order valence-electron chi connectivity index (χ0n) is 16.2. The number of hydrogen-bond donors (Lipinski definition) is 1. The van der Waals surface area contributed by atoms with E-state index in [4.69, 9.17) is 0 Å². The number of hydrogen-bond acceptors (Lipinski definition) is 3. The van der Waals surface area contributed by atoms with Crippen molar-refractivity contribution >= 4 is 22.8 Å². The summed E-state index contributed by atoms with van der Waals surface area (Å²) in [6.45, 7) is 0.889. The Morgan fingerprint density at radius 2 is 1.71 bits per heavy atom. The Morgan fingerprint density at radius 3 is 2.50 bits per heavy atom. The van der Waals surface area contributed by atoms with E-state index >= 15 is 0 Å². The third-order valence-corrected chi connectivity index (χ3v) is 4.79. The first kappa shape index (κ1) is 19.7. The zero-order chi connectivity index (χ0) is 19.8. The molecule has 1 aromatic heterocycles. The SMILES string of the molecule is COC(=O)CCCCCNC(=O)Cn1c(-c2ccccc2)cc2ccccc21. The molecule has 0 bridgehead atoms. The molecule has 0 aliphatic rings. The lowest BCUT2D eigenvalue weighted by molar-refractivity contribution is -0.140. The van der Waals surface area contributed by atoms with Gasteiger partial charge in [0.1, 0.15) is 6.54 Å². The molecule has 0 saturated carbocycles. The summed E-state index contributed by atoms with van der Waals surface area (Å²) in [7, 11) is 1.40. The Balaban J connectivity index is 1.62. The van der Waals surface area contributed by atoms with Crippen LogP contribution in [0.1, 0.15) is 25.7 Å². The second-order valence-corrected chi connectivity index (χ2v) is 6.78. The summed E-state index contributed by atoms with van der Waals surface area (Å²) in [5.74, 6) is -0.191. The predicted octanol–water partition coefficient (Wildman–Crippen LogP) is 4.16. The van der Waals surface area contributed by atoms with E-state index < -0.39 is 0 Å². The summed E-state index contributed by atoms with van der Waals surface area (Å²) in [5, 5.41) is 4.11. The molecule has 5 nitrogen and oxygen atoms in total. The number of nitrogens with zero attached hydrogens (tertiary/aromatic N) is 1. The van der Waals surface area contributed by atoms with Gasteiger partial charge < -0.3 is 14.6 Å². The standard InChI is InChI=1S/C23H26N2O3/c1-28-23(27)14-6-3-9-15-24-22(26)17-25-20-13-8-7-12-19(20)16-21(25)18-10-4-2-5-11-18/h2,4-5,7-8,10-13,16H,3,6,9,14-15,17H2,1H3,(H,24,26). The maximum absolute atomic E-state index is 12.5. The van der Waals surface area contributed by atoms with Crippen molar-refractivity contribution in [3.05, 3.63) is 60.7 Å². The van der Waals surface area contributed by atoms with Gasteiger partial charge in [0.2, 0.25) is 5.91 Å². The molecule has 0 fully saturated rings. The summed E-state index contributed by atoms with van der Waals surface area (Å²) in [5.41, 5.74) is 3.18. The molecule has 1 N–H and O–H groups in total. The highest BCUT2D eigenvalue weighted by Gasteiger charge is 2.13. The Kier molecular flexibility index (Phi) is 6.84. The molecule has 0 aliphatic heterocycles. The molecule has 5 heteroatoms. The number of carbonyl (C=O) groups excluding carboxylic acids is 2. The lowest BCUT2D eigenvalue weighted by atomic mass is 10.1. The van der Waals surface area contributed by atoms with Crippen molar-refractivity contribution in [2.45, 2.75) is 32.2 Å². The first-order chi connectivity index (χ1) is 13.7. The molecule has 0 radical (unpaired) electrons. The third-order valence-electron chi connectivity index (χ3n) is 4.79. The van der Waals surface area contributed by atoms with Gasteiger partial charge in [-0.25, -0.2) is 0 Å². The fraction of sp³-hybridized carbons (Fsp3) is 0.304. The van der Waals surface area contributed by atoms with Crippen LogP contribution in [0.3, 0.4) is 0 Å². The molecule has 3 aromatic rings. The quantitative estimate of drug-likeness (QED) is 0.449. The van der Waals surface area contributed by atoms with E-state index in [0.717, 1.165) is 41.4 Å². The van der Waals surface area contributed by atoms with Gasteiger partial charge >= 0.3 is 5.97 Å². The van der Waals surface area contributed by atoms with Gasteiger partial charge in [-0.05, 0) is 30.5 Å². The number of nitrogens with one attached hydrogen (secondary N) is 1. The molecular formula is C23H26N2O3. The van der Waals surface area contributed by atoms with Crippen LogP contribution in [0.2, 0.25) is 0 Å². The van der Waals surface area contributed by atoms with Gasteiger partial charge in [-0.3, -0.25) is 9.59 Å². The highest BCUT2D eigenvalue weighted by Crippen LogP contribution is 2.28. The second-order valence-electron chi connectivity index (χ2n) is 6.78. The molecule has 0 atom stereocenters. The number of para-hydroxylation sites is 1. The van der Waals surface area contributed by atoms with E-state index in [9.17, 15) is 9.59 Å². The molecular weight excluding hydrogens is 352 g/mol. The van der Waals surface area contributed by atoms with Crippen molar-refractivity contribution in [3.63, 3.8) is 0 Å². The van der Waals surface area contributed by atoms with Gasteiger partial charge in [0.05, 0.1) is 7.11 Å². The monoisotopic (exact) mass is 378 g/mol. The number of esters is 1. The molecule has 3 rings (SSSR count). The number of benzene rings is 2. The fourth-order valence-corrected chi connectivity index (χ4v) is 3.33. The van der Waals surface area contributed by atoms with Gasteiger partial charge in [-0.1, -0.05) is 55.0 Å². The van der Waals surface area contributed by atoms with Gasteiger partial charge in [0.15, 0.2) is 0 Å². The zero-order valence-corrected chi connectivity index (χ0v) is 16.2. The minimum Gasteiger partial charge on any atom is -0.469 e. The van der Waals surface area contributed by atoms with Gasteiger partial charge in [-0.15, -0.1) is 0 Å². The highest BCUT2D eigenvalue weighted by atomic mass is 16.5. The molecule has 2 aromatic carbocycles. The number of ether oxygens (including phenoxy) is 1. The largest absolute Gasteiger partial charge is 0.469 e. The van der Waals surface area contributed by atoms with Crippen molar-refractivity contribution in [2.24, 2.45) is 0 Å². The number of rotatable bonds is 9. The average molecular weight is 378 g/mol. The number of unbranched alkanes of at least 4 members (excludes halogenated alkanes) is 2. The molecule has 1 heterocycles. The molecule has 0 unspecified atom stereocenters. The van der Waals surface area contributed by atoms with E-state index in [1.807, 2.05) is 36.4 Å². The van der Waals surface area contributed by atoms with Crippen molar-refractivity contribution < 1.29 is 14.3 Å². The van der Waals surface area contributed by atoms with Crippen LogP contribution >= 0.6 is 0 Å². The normalized spacial score (nSPS) is 10.8. The van der Waals surface area contributed by atoms with Crippen LogP contribution in [-0.4, -0.2) is 30.1 Å². The topological polar surface area (TPSA) is 60.3 Å². The number of amides is 1. The molecule has 0 aliphatic carbocycles. The second kappa shape index (κ2) is 9.74. The van der Waals surface area contributed by atoms with Gasteiger partial charge in [0.25, 0.3) is 0 Å². The first-order valence-electron chi connectivity index (χ1n) is 9.66. The third kappa shape index (κ3) is 5.00. The molecule has 146 valence electrons.